The number of para-hydroxylation sites is 1. The summed E-state index contributed by atoms with van der Waals surface area (Å²) in [6, 6.07) is 10.1. The lowest BCUT2D eigenvalue weighted by molar-refractivity contribution is 0.224. The number of fused-ring (bicyclic) bond motifs is 1. The molecule has 5 nitrogen and oxygen atoms in total. The van der Waals surface area contributed by atoms with Crippen LogP contribution >= 0.6 is 0 Å². The van der Waals surface area contributed by atoms with Crippen LogP contribution in [0, 0.1) is 11.3 Å². The molecule has 0 radical (unpaired) electrons. The van der Waals surface area contributed by atoms with E-state index in [1.54, 1.807) is 6.20 Å². The molecule has 1 N–H and O–H groups in total. The van der Waals surface area contributed by atoms with Crippen molar-refractivity contribution in [1.29, 1.82) is 5.26 Å². The molecule has 2 aromatic rings. The summed E-state index contributed by atoms with van der Waals surface area (Å²) < 4.78 is 5.92. The van der Waals surface area contributed by atoms with Crippen LogP contribution in [0.15, 0.2) is 36.7 Å². The molecule has 0 saturated heterocycles. The molecule has 1 aromatic carbocycles. The summed E-state index contributed by atoms with van der Waals surface area (Å²) in [6.45, 7) is 2.73. The van der Waals surface area contributed by atoms with E-state index in [-0.39, 0.29) is 6.10 Å². The van der Waals surface area contributed by atoms with E-state index < -0.39 is 0 Å². The van der Waals surface area contributed by atoms with E-state index in [4.69, 9.17) is 10.00 Å². The zero-order chi connectivity index (χ0) is 13.9. The molecular weight excluding hydrogens is 252 g/mol. The van der Waals surface area contributed by atoms with E-state index in [1.165, 1.54) is 11.8 Å². The molecule has 1 aliphatic heterocycles. The molecule has 0 spiro atoms. The third kappa shape index (κ3) is 2.16. The Bertz CT molecular complexity index is 665. The highest BCUT2D eigenvalue weighted by Crippen LogP contribution is 2.37. The van der Waals surface area contributed by atoms with Gasteiger partial charge in [-0.25, -0.2) is 9.97 Å². The normalized spacial score (nSPS) is 19.8. The van der Waals surface area contributed by atoms with Crippen LogP contribution in [-0.2, 0) is 0 Å². The Morgan fingerprint density at radius 3 is 2.90 bits per heavy atom. The van der Waals surface area contributed by atoms with Crippen LogP contribution in [0.3, 0.4) is 0 Å². The SMILES string of the molecule is C[C@@H]1c2ccccc2O[C@@H]1CNc1nccnc1C#N. The van der Waals surface area contributed by atoms with Gasteiger partial charge in [-0.15, -0.1) is 0 Å². The fraction of sp³-hybridized carbons (Fsp3) is 0.267. The van der Waals surface area contributed by atoms with Crippen molar-refractivity contribution in [2.24, 2.45) is 0 Å². The van der Waals surface area contributed by atoms with Crippen LogP contribution in [0.2, 0.25) is 0 Å². The first-order valence-electron chi connectivity index (χ1n) is 6.50. The number of ether oxygens (including phenoxy) is 1. The Balaban J connectivity index is 1.71. The summed E-state index contributed by atoms with van der Waals surface area (Å²) >= 11 is 0. The molecular formula is C15H14N4O. The Labute approximate surface area is 117 Å². The molecule has 0 amide bonds. The number of rotatable bonds is 3. The van der Waals surface area contributed by atoms with Crippen LogP contribution in [0.25, 0.3) is 0 Å². The fourth-order valence-corrected chi connectivity index (χ4v) is 2.39. The van der Waals surface area contributed by atoms with Gasteiger partial charge in [0.1, 0.15) is 17.9 Å². The Hall–Kier alpha value is -2.61. The van der Waals surface area contributed by atoms with Gasteiger partial charge < -0.3 is 10.1 Å². The number of hydrogen-bond acceptors (Lipinski definition) is 5. The number of anilines is 1. The van der Waals surface area contributed by atoms with Gasteiger partial charge in [-0.2, -0.15) is 5.26 Å². The van der Waals surface area contributed by atoms with Gasteiger partial charge in [0.25, 0.3) is 0 Å². The Morgan fingerprint density at radius 2 is 2.10 bits per heavy atom. The number of nitrogens with one attached hydrogen (secondary N) is 1. The topological polar surface area (TPSA) is 70.8 Å². The quantitative estimate of drug-likeness (QED) is 0.923. The van der Waals surface area contributed by atoms with Crippen molar-refractivity contribution in [3.05, 3.63) is 47.9 Å². The van der Waals surface area contributed by atoms with Gasteiger partial charge in [0.2, 0.25) is 0 Å². The first-order chi connectivity index (χ1) is 9.79. The van der Waals surface area contributed by atoms with Crippen molar-refractivity contribution in [1.82, 2.24) is 9.97 Å². The van der Waals surface area contributed by atoms with Gasteiger partial charge in [-0.3, -0.25) is 0 Å². The van der Waals surface area contributed by atoms with Gasteiger partial charge >= 0.3 is 0 Å². The second kappa shape index (κ2) is 5.17. The Morgan fingerprint density at radius 1 is 1.30 bits per heavy atom. The predicted molar refractivity (Wildman–Crippen MR) is 74.5 cm³/mol. The second-order valence-electron chi connectivity index (χ2n) is 4.73. The van der Waals surface area contributed by atoms with Gasteiger partial charge in [-0.1, -0.05) is 25.1 Å². The highest BCUT2D eigenvalue weighted by Gasteiger charge is 2.30. The molecule has 0 unspecified atom stereocenters. The molecule has 1 aromatic heterocycles. The smallest absolute Gasteiger partial charge is 0.182 e. The number of benzene rings is 1. The van der Waals surface area contributed by atoms with Crippen molar-refractivity contribution in [2.45, 2.75) is 18.9 Å². The lowest BCUT2D eigenvalue weighted by Gasteiger charge is -2.16. The summed E-state index contributed by atoms with van der Waals surface area (Å²) in [7, 11) is 0. The zero-order valence-electron chi connectivity index (χ0n) is 11.1. The average Bonchev–Trinajstić information content (AvgIpc) is 2.82. The van der Waals surface area contributed by atoms with Crippen LogP contribution < -0.4 is 10.1 Å². The minimum Gasteiger partial charge on any atom is -0.488 e. The van der Waals surface area contributed by atoms with Gasteiger partial charge in [0.05, 0.1) is 6.54 Å². The lowest BCUT2D eigenvalue weighted by atomic mass is 9.98. The van der Waals surface area contributed by atoms with E-state index in [9.17, 15) is 0 Å². The van der Waals surface area contributed by atoms with Crippen LogP contribution in [0.5, 0.6) is 5.75 Å². The summed E-state index contributed by atoms with van der Waals surface area (Å²) in [5.41, 5.74) is 1.52. The third-order valence-electron chi connectivity index (χ3n) is 3.52. The molecule has 0 aliphatic carbocycles. The molecule has 5 heteroatoms. The molecule has 2 heterocycles. The number of nitrogens with zero attached hydrogens (tertiary/aromatic N) is 3. The minimum absolute atomic E-state index is 0.0287. The van der Waals surface area contributed by atoms with Gasteiger partial charge in [-0.05, 0) is 6.07 Å². The van der Waals surface area contributed by atoms with Crippen LogP contribution in [0.4, 0.5) is 5.82 Å². The largest absolute Gasteiger partial charge is 0.488 e. The third-order valence-corrected chi connectivity index (χ3v) is 3.52. The van der Waals surface area contributed by atoms with E-state index in [0.29, 0.717) is 24.0 Å². The number of aromatic nitrogens is 2. The number of hydrogen-bond donors (Lipinski definition) is 1. The first kappa shape index (κ1) is 12.4. The fourth-order valence-electron chi connectivity index (χ4n) is 2.39. The highest BCUT2D eigenvalue weighted by molar-refractivity contribution is 5.47. The molecule has 1 aliphatic rings. The molecule has 0 saturated carbocycles. The van der Waals surface area contributed by atoms with Gasteiger partial charge in [0.15, 0.2) is 11.5 Å². The predicted octanol–water partition coefficient (Wildman–Crippen LogP) is 2.32. The van der Waals surface area contributed by atoms with Crippen LogP contribution in [-0.4, -0.2) is 22.6 Å². The van der Waals surface area contributed by atoms with Crippen LogP contribution in [0.1, 0.15) is 24.1 Å². The molecule has 3 rings (SSSR count). The molecule has 2 atom stereocenters. The average molecular weight is 266 g/mol. The van der Waals surface area contributed by atoms with Crippen molar-refractivity contribution in [3.63, 3.8) is 0 Å². The molecule has 0 bridgehead atoms. The van der Waals surface area contributed by atoms with E-state index in [0.717, 1.165) is 5.75 Å². The summed E-state index contributed by atoms with van der Waals surface area (Å²) in [6.07, 6.45) is 3.10. The summed E-state index contributed by atoms with van der Waals surface area (Å²) in [4.78, 5) is 8.11. The maximum Gasteiger partial charge on any atom is 0.182 e. The first-order valence-corrected chi connectivity index (χ1v) is 6.50. The monoisotopic (exact) mass is 266 g/mol. The molecule has 20 heavy (non-hydrogen) atoms. The standard InChI is InChI=1S/C15H14N4O/c1-10-11-4-2-3-5-13(11)20-14(10)9-19-15-12(8-16)17-6-7-18-15/h2-7,10,14H,9H2,1H3,(H,18,19)/t10-,14-/m1/s1. The summed E-state index contributed by atoms with van der Waals surface area (Å²) in [5, 5.41) is 12.1. The lowest BCUT2D eigenvalue weighted by Crippen LogP contribution is -2.27. The maximum absolute atomic E-state index is 8.98. The second-order valence-corrected chi connectivity index (χ2v) is 4.73. The zero-order valence-corrected chi connectivity index (χ0v) is 11.1. The van der Waals surface area contributed by atoms with Gasteiger partial charge in [0, 0.05) is 23.9 Å². The highest BCUT2D eigenvalue weighted by atomic mass is 16.5. The van der Waals surface area contributed by atoms with Crippen molar-refractivity contribution in [2.75, 3.05) is 11.9 Å². The Kier molecular flexibility index (Phi) is 3.21. The van der Waals surface area contributed by atoms with Crippen molar-refractivity contribution >= 4 is 5.82 Å². The van der Waals surface area contributed by atoms with Crippen molar-refractivity contribution in [3.8, 4) is 11.8 Å². The van der Waals surface area contributed by atoms with E-state index in [2.05, 4.69) is 28.3 Å². The maximum atomic E-state index is 8.98. The number of nitriles is 1. The molecule has 100 valence electrons. The minimum atomic E-state index is 0.0287. The van der Waals surface area contributed by atoms with E-state index in [1.807, 2.05) is 24.3 Å². The summed E-state index contributed by atoms with van der Waals surface area (Å²) in [5.74, 6) is 1.74. The molecule has 0 fully saturated rings. The van der Waals surface area contributed by atoms with E-state index >= 15 is 0 Å². The van der Waals surface area contributed by atoms with Crippen molar-refractivity contribution < 1.29 is 4.74 Å².